The number of hydrogen-bond acceptors (Lipinski definition) is 4. The maximum atomic E-state index is 13.5. The molecule has 0 saturated heterocycles. The van der Waals surface area contributed by atoms with Gasteiger partial charge in [0.2, 0.25) is 5.91 Å². The number of allylic oxidation sites excluding steroid dienone is 1. The molecule has 2 heterocycles. The molecule has 1 aliphatic heterocycles. The standard InChI is InChI=1S/C26H39N5O3/c1-3-4-16-30-24(33)22-17-21(23(32)27-15-14-19-10-6-5-7-11-19)29-31(22)18-26(30,2)25(34)28-20-12-8-9-13-20/h10,17,20H,3-9,11-16,18H2,1-2H3,(H,27,32)(H,28,34). The number of amides is 3. The van der Waals surface area contributed by atoms with E-state index in [9.17, 15) is 14.4 Å². The van der Waals surface area contributed by atoms with E-state index in [0.29, 0.717) is 18.8 Å². The summed E-state index contributed by atoms with van der Waals surface area (Å²) in [4.78, 5) is 41.4. The minimum atomic E-state index is -1.03. The van der Waals surface area contributed by atoms with Crippen LogP contribution in [-0.4, -0.2) is 57.1 Å². The molecule has 0 aromatic carbocycles. The van der Waals surface area contributed by atoms with Gasteiger partial charge in [0.15, 0.2) is 5.69 Å². The van der Waals surface area contributed by atoms with Gasteiger partial charge in [0, 0.05) is 25.2 Å². The van der Waals surface area contributed by atoms with Crippen molar-refractivity contribution in [3.05, 3.63) is 29.1 Å². The highest BCUT2D eigenvalue weighted by atomic mass is 16.2. The predicted octanol–water partition coefficient (Wildman–Crippen LogP) is 3.58. The summed E-state index contributed by atoms with van der Waals surface area (Å²) in [5.41, 5.74) is 0.982. The number of aromatic nitrogens is 2. The Balaban J connectivity index is 1.48. The van der Waals surface area contributed by atoms with Gasteiger partial charge in [0.05, 0.1) is 6.54 Å². The number of unbranched alkanes of at least 4 members (excludes halogenated alkanes) is 1. The smallest absolute Gasteiger partial charge is 0.273 e. The second-order valence-corrected chi connectivity index (χ2v) is 10.2. The molecule has 1 fully saturated rings. The summed E-state index contributed by atoms with van der Waals surface area (Å²) in [6.07, 6.45) is 13.8. The fraction of sp³-hybridized carbons (Fsp3) is 0.692. The Hall–Kier alpha value is -2.64. The van der Waals surface area contributed by atoms with E-state index in [2.05, 4.69) is 28.7 Å². The second-order valence-electron chi connectivity index (χ2n) is 10.2. The zero-order valence-electron chi connectivity index (χ0n) is 20.7. The van der Waals surface area contributed by atoms with Crippen molar-refractivity contribution < 1.29 is 14.4 Å². The third-order valence-corrected chi connectivity index (χ3v) is 7.56. The highest BCUT2D eigenvalue weighted by Crippen LogP contribution is 2.29. The van der Waals surface area contributed by atoms with Crippen molar-refractivity contribution in [2.45, 2.75) is 103 Å². The van der Waals surface area contributed by atoms with Crippen LogP contribution in [-0.2, 0) is 11.3 Å². The molecule has 8 nitrogen and oxygen atoms in total. The molecule has 1 unspecified atom stereocenters. The van der Waals surface area contributed by atoms with Gasteiger partial charge in [0.25, 0.3) is 11.8 Å². The van der Waals surface area contributed by atoms with Crippen LogP contribution in [0.15, 0.2) is 17.7 Å². The summed E-state index contributed by atoms with van der Waals surface area (Å²) in [6.45, 7) is 5.21. The summed E-state index contributed by atoms with van der Waals surface area (Å²) in [7, 11) is 0. The minimum Gasteiger partial charge on any atom is -0.351 e. The molecule has 2 aliphatic carbocycles. The molecule has 0 bridgehead atoms. The highest BCUT2D eigenvalue weighted by Gasteiger charge is 2.48. The summed E-state index contributed by atoms with van der Waals surface area (Å²) >= 11 is 0. The Kier molecular flexibility index (Phi) is 7.73. The number of fused-ring (bicyclic) bond motifs is 1. The fourth-order valence-electron chi connectivity index (χ4n) is 5.39. The molecule has 34 heavy (non-hydrogen) atoms. The normalized spacial score (nSPS) is 22.9. The first-order chi connectivity index (χ1) is 16.4. The molecular formula is C26H39N5O3. The maximum absolute atomic E-state index is 13.5. The van der Waals surface area contributed by atoms with Gasteiger partial charge < -0.3 is 15.5 Å². The van der Waals surface area contributed by atoms with Gasteiger partial charge in [-0.2, -0.15) is 5.10 Å². The minimum absolute atomic E-state index is 0.128. The number of nitrogens with zero attached hydrogens (tertiary/aromatic N) is 3. The summed E-state index contributed by atoms with van der Waals surface area (Å²) in [5.74, 6) is -0.636. The third-order valence-electron chi connectivity index (χ3n) is 7.56. The van der Waals surface area contributed by atoms with Gasteiger partial charge in [0.1, 0.15) is 11.2 Å². The van der Waals surface area contributed by atoms with E-state index in [4.69, 9.17) is 0 Å². The molecule has 3 amide bonds. The quantitative estimate of drug-likeness (QED) is 0.541. The Morgan fingerprint density at radius 3 is 2.71 bits per heavy atom. The van der Waals surface area contributed by atoms with Crippen LogP contribution in [0.4, 0.5) is 0 Å². The summed E-state index contributed by atoms with van der Waals surface area (Å²) in [6, 6.07) is 1.75. The van der Waals surface area contributed by atoms with Crippen LogP contribution < -0.4 is 10.6 Å². The number of nitrogens with one attached hydrogen (secondary N) is 2. The fourth-order valence-corrected chi connectivity index (χ4v) is 5.39. The van der Waals surface area contributed by atoms with E-state index in [0.717, 1.165) is 57.8 Å². The predicted molar refractivity (Wildman–Crippen MR) is 130 cm³/mol. The molecule has 1 saturated carbocycles. The van der Waals surface area contributed by atoms with Crippen LogP contribution in [0.2, 0.25) is 0 Å². The van der Waals surface area contributed by atoms with Gasteiger partial charge >= 0.3 is 0 Å². The molecule has 0 spiro atoms. The first-order valence-electron chi connectivity index (χ1n) is 13.1. The molecule has 1 atom stereocenters. The summed E-state index contributed by atoms with van der Waals surface area (Å²) < 4.78 is 1.55. The maximum Gasteiger partial charge on any atom is 0.273 e. The first-order valence-corrected chi connectivity index (χ1v) is 13.1. The van der Waals surface area contributed by atoms with Crippen molar-refractivity contribution >= 4 is 17.7 Å². The molecule has 0 radical (unpaired) electrons. The Bertz CT molecular complexity index is 946. The molecular weight excluding hydrogens is 430 g/mol. The highest BCUT2D eigenvalue weighted by molar-refractivity contribution is 6.01. The Morgan fingerprint density at radius 2 is 2.00 bits per heavy atom. The lowest BCUT2D eigenvalue weighted by Crippen LogP contribution is -2.65. The Labute approximate surface area is 202 Å². The molecule has 1 aromatic rings. The average molecular weight is 470 g/mol. The van der Waals surface area contributed by atoms with Gasteiger partial charge in [-0.3, -0.25) is 19.1 Å². The van der Waals surface area contributed by atoms with Crippen LogP contribution in [0.25, 0.3) is 0 Å². The summed E-state index contributed by atoms with van der Waals surface area (Å²) in [5, 5.41) is 10.6. The molecule has 8 heteroatoms. The van der Waals surface area contributed by atoms with E-state index >= 15 is 0 Å². The molecule has 3 aliphatic rings. The van der Waals surface area contributed by atoms with Crippen molar-refractivity contribution in [3.8, 4) is 0 Å². The van der Waals surface area contributed by atoms with Crippen LogP contribution >= 0.6 is 0 Å². The van der Waals surface area contributed by atoms with E-state index in [-0.39, 0.29) is 36.0 Å². The van der Waals surface area contributed by atoms with E-state index in [1.807, 2.05) is 6.92 Å². The number of carbonyl (C=O) groups excluding carboxylic acids is 3. The van der Waals surface area contributed by atoms with Gasteiger partial charge in [-0.05, 0) is 58.3 Å². The van der Waals surface area contributed by atoms with E-state index in [1.54, 1.807) is 15.6 Å². The lowest BCUT2D eigenvalue weighted by atomic mass is 9.94. The third kappa shape index (κ3) is 5.20. The first kappa shape index (κ1) is 24.5. The molecule has 2 N–H and O–H groups in total. The molecule has 186 valence electrons. The van der Waals surface area contributed by atoms with Crippen molar-refractivity contribution in [3.63, 3.8) is 0 Å². The molecule has 4 rings (SSSR count). The average Bonchev–Trinajstić information content (AvgIpc) is 3.49. The monoisotopic (exact) mass is 469 g/mol. The topological polar surface area (TPSA) is 96.3 Å². The van der Waals surface area contributed by atoms with Crippen molar-refractivity contribution in [2.24, 2.45) is 0 Å². The zero-order chi connectivity index (χ0) is 24.1. The van der Waals surface area contributed by atoms with Gasteiger partial charge in [-0.15, -0.1) is 0 Å². The van der Waals surface area contributed by atoms with Gasteiger partial charge in [-0.25, -0.2) is 0 Å². The van der Waals surface area contributed by atoms with Gasteiger partial charge in [-0.1, -0.05) is 37.8 Å². The number of hydrogen-bond donors (Lipinski definition) is 2. The number of carbonyl (C=O) groups is 3. The van der Waals surface area contributed by atoms with Crippen molar-refractivity contribution in [1.82, 2.24) is 25.3 Å². The van der Waals surface area contributed by atoms with E-state index < -0.39 is 5.54 Å². The molecule has 1 aromatic heterocycles. The lowest BCUT2D eigenvalue weighted by Gasteiger charge is -2.43. The van der Waals surface area contributed by atoms with Crippen LogP contribution in [0.5, 0.6) is 0 Å². The largest absolute Gasteiger partial charge is 0.351 e. The SMILES string of the molecule is CCCCN1C(=O)c2cc(C(=O)NCCC3=CCCCC3)nn2CC1(C)C(=O)NC1CCCC1. The Morgan fingerprint density at radius 1 is 1.21 bits per heavy atom. The lowest BCUT2D eigenvalue weighted by molar-refractivity contribution is -0.133. The number of rotatable bonds is 9. The van der Waals surface area contributed by atoms with Crippen LogP contribution in [0.3, 0.4) is 0 Å². The van der Waals surface area contributed by atoms with Crippen molar-refractivity contribution in [1.29, 1.82) is 0 Å². The van der Waals surface area contributed by atoms with Crippen LogP contribution in [0, 0.1) is 0 Å². The van der Waals surface area contributed by atoms with E-state index in [1.165, 1.54) is 18.4 Å². The zero-order valence-corrected chi connectivity index (χ0v) is 20.7. The van der Waals surface area contributed by atoms with Crippen molar-refractivity contribution in [2.75, 3.05) is 13.1 Å². The second kappa shape index (κ2) is 10.7. The van der Waals surface area contributed by atoms with Crippen LogP contribution in [0.1, 0.15) is 105 Å².